The van der Waals surface area contributed by atoms with Crippen LogP contribution in [0, 0.1) is 12.8 Å². The van der Waals surface area contributed by atoms with Crippen LogP contribution in [0.2, 0.25) is 0 Å². The van der Waals surface area contributed by atoms with Gasteiger partial charge in [-0.25, -0.2) is 4.98 Å². The van der Waals surface area contributed by atoms with Gasteiger partial charge in [0.2, 0.25) is 0 Å². The van der Waals surface area contributed by atoms with E-state index in [1.807, 2.05) is 5.51 Å². The van der Waals surface area contributed by atoms with E-state index in [0.29, 0.717) is 6.04 Å². The van der Waals surface area contributed by atoms with E-state index in [0.717, 1.165) is 12.5 Å². The lowest BCUT2D eigenvalue weighted by molar-refractivity contribution is 0.478. The first kappa shape index (κ1) is 11.1. The van der Waals surface area contributed by atoms with Gasteiger partial charge in [0.25, 0.3) is 0 Å². The van der Waals surface area contributed by atoms with Crippen LogP contribution < -0.4 is 5.32 Å². The van der Waals surface area contributed by atoms with Crippen LogP contribution in [0.25, 0.3) is 0 Å². The molecule has 2 nitrogen and oxygen atoms in total. The third kappa shape index (κ3) is 3.02. The average Bonchev–Trinajstić information content (AvgIpc) is 2.95. The van der Waals surface area contributed by atoms with Crippen molar-refractivity contribution in [1.29, 1.82) is 0 Å². The van der Waals surface area contributed by atoms with Gasteiger partial charge in [0.05, 0.1) is 11.2 Å². The standard InChI is InChI=1S/C12H20N2S/c1-3-6-13-11(7-10-4-5-10)12-9(2)14-8-15-12/h8,10-11,13H,3-7H2,1-2H3. The zero-order chi connectivity index (χ0) is 10.7. The zero-order valence-corrected chi connectivity index (χ0v) is 10.4. The van der Waals surface area contributed by atoms with Crippen LogP contribution in [0.5, 0.6) is 0 Å². The van der Waals surface area contributed by atoms with Crippen molar-refractivity contribution in [3.05, 3.63) is 16.1 Å². The third-order valence-corrected chi connectivity index (χ3v) is 4.05. The molecule has 1 aliphatic carbocycles. The lowest BCUT2D eigenvalue weighted by Gasteiger charge is -2.17. The number of aromatic nitrogens is 1. The Morgan fingerprint density at radius 1 is 1.60 bits per heavy atom. The number of rotatable bonds is 6. The van der Waals surface area contributed by atoms with Gasteiger partial charge < -0.3 is 5.32 Å². The lowest BCUT2D eigenvalue weighted by Crippen LogP contribution is -2.22. The minimum Gasteiger partial charge on any atom is -0.309 e. The second kappa shape index (κ2) is 5.08. The molecule has 1 unspecified atom stereocenters. The second-order valence-electron chi connectivity index (χ2n) is 4.49. The maximum Gasteiger partial charge on any atom is 0.0798 e. The van der Waals surface area contributed by atoms with E-state index >= 15 is 0 Å². The Hall–Kier alpha value is -0.410. The monoisotopic (exact) mass is 224 g/mol. The van der Waals surface area contributed by atoms with E-state index in [1.165, 1.54) is 36.3 Å². The number of nitrogens with zero attached hydrogens (tertiary/aromatic N) is 1. The molecule has 0 bridgehead atoms. The summed E-state index contributed by atoms with van der Waals surface area (Å²) in [7, 11) is 0. The maximum atomic E-state index is 4.35. The summed E-state index contributed by atoms with van der Waals surface area (Å²) >= 11 is 1.80. The molecule has 15 heavy (non-hydrogen) atoms. The highest BCUT2D eigenvalue weighted by Crippen LogP contribution is 2.39. The van der Waals surface area contributed by atoms with Crippen molar-refractivity contribution in [2.75, 3.05) is 6.54 Å². The summed E-state index contributed by atoms with van der Waals surface area (Å²) < 4.78 is 0. The molecule has 0 aromatic carbocycles. The Kier molecular flexibility index (Phi) is 3.76. The van der Waals surface area contributed by atoms with Gasteiger partial charge >= 0.3 is 0 Å². The van der Waals surface area contributed by atoms with Crippen molar-refractivity contribution in [1.82, 2.24) is 10.3 Å². The molecular weight excluding hydrogens is 204 g/mol. The molecule has 1 aromatic rings. The van der Waals surface area contributed by atoms with Crippen LogP contribution in [0.3, 0.4) is 0 Å². The number of hydrogen-bond donors (Lipinski definition) is 1. The molecule has 1 fully saturated rings. The van der Waals surface area contributed by atoms with Crippen LogP contribution in [0.15, 0.2) is 5.51 Å². The topological polar surface area (TPSA) is 24.9 Å². The summed E-state index contributed by atoms with van der Waals surface area (Å²) in [5.74, 6) is 0.973. The Bertz CT molecular complexity index is 304. The van der Waals surface area contributed by atoms with Crippen LogP contribution in [-0.2, 0) is 0 Å². The van der Waals surface area contributed by atoms with Crippen molar-refractivity contribution in [3.8, 4) is 0 Å². The fraction of sp³-hybridized carbons (Fsp3) is 0.750. The van der Waals surface area contributed by atoms with Crippen molar-refractivity contribution in [2.45, 2.75) is 45.6 Å². The molecule has 0 spiro atoms. The highest BCUT2D eigenvalue weighted by molar-refractivity contribution is 7.09. The molecule has 1 saturated carbocycles. The summed E-state index contributed by atoms with van der Waals surface area (Å²) in [5, 5.41) is 3.65. The van der Waals surface area contributed by atoms with E-state index in [2.05, 4.69) is 24.1 Å². The van der Waals surface area contributed by atoms with Gasteiger partial charge in [0, 0.05) is 10.9 Å². The molecule has 0 amide bonds. The van der Waals surface area contributed by atoms with Crippen molar-refractivity contribution in [2.24, 2.45) is 5.92 Å². The Morgan fingerprint density at radius 2 is 2.40 bits per heavy atom. The number of hydrogen-bond acceptors (Lipinski definition) is 3. The van der Waals surface area contributed by atoms with Crippen molar-refractivity contribution < 1.29 is 0 Å². The smallest absolute Gasteiger partial charge is 0.0798 e. The average molecular weight is 224 g/mol. The number of thiazole rings is 1. The van der Waals surface area contributed by atoms with Crippen LogP contribution in [0.4, 0.5) is 0 Å². The largest absolute Gasteiger partial charge is 0.309 e. The highest BCUT2D eigenvalue weighted by Gasteiger charge is 2.27. The first-order valence-electron chi connectivity index (χ1n) is 5.94. The van der Waals surface area contributed by atoms with Gasteiger partial charge in [-0.15, -0.1) is 11.3 Å². The van der Waals surface area contributed by atoms with Gasteiger partial charge in [-0.05, 0) is 32.2 Å². The van der Waals surface area contributed by atoms with Gasteiger partial charge in [-0.1, -0.05) is 19.8 Å². The summed E-state index contributed by atoms with van der Waals surface area (Å²) in [6.07, 6.45) is 5.38. The molecule has 0 aliphatic heterocycles. The molecule has 3 heteroatoms. The van der Waals surface area contributed by atoms with E-state index in [-0.39, 0.29) is 0 Å². The zero-order valence-electron chi connectivity index (χ0n) is 9.62. The quantitative estimate of drug-likeness (QED) is 0.802. The SMILES string of the molecule is CCCNC(CC1CC1)c1scnc1C. The molecule has 1 atom stereocenters. The maximum absolute atomic E-state index is 4.35. The van der Waals surface area contributed by atoms with Gasteiger partial charge in [0.1, 0.15) is 0 Å². The van der Waals surface area contributed by atoms with Crippen LogP contribution >= 0.6 is 11.3 Å². The third-order valence-electron chi connectivity index (χ3n) is 3.01. The van der Waals surface area contributed by atoms with Crippen LogP contribution in [0.1, 0.15) is 49.2 Å². The molecule has 1 aromatic heterocycles. The lowest BCUT2D eigenvalue weighted by atomic mass is 10.1. The van der Waals surface area contributed by atoms with E-state index in [4.69, 9.17) is 0 Å². The fourth-order valence-electron chi connectivity index (χ4n) is 1.93. The molecular formula is C12H20N2S. The molecule has 1 N–H and O–H groups in total. The molecule has 84 valence electrons. The minimum atomic E-state index is 0.560. The number of aryl methyl sites for hydroxylation is 1. The predicted molar refractivity (Wildman–Crippen MR) is 65.2 cm³/mol. The van der Waals surface area contributed by atoms with Gasteiger partial charge in [0.15, 0.2) is 0 Å². The highest BCUT2D eigenvalue weighted by atomic mass is 32.1. The molecule has 1 aliphatic rings. The second-order valence-corrected chi connectivity index (χ2v) is 5.37. The van der Waals surface area contributed by atoms with Crippen molar-refractivity contribution >= 4 is 11.3 Å². The van der Waals surface area contributed by atoms with Crippen molar-refractivity contribution in [3.63, 3.8) is 0 Å². The summed E-state index contributed by atoms with van der Waals surface area (Å²) in [6, 6.07) is 0.560. The Balaban J connectivity index is 1.99. The molecule has 0 radical (unpaired) electrons. The summed E-state index contributed by atoms with van der Waals surface area (Å²) in [4.78, 5) is 5.81. The van der Waals surface area contributed by atoms with E-state index in [9.17, 15) is 0 Å². The van der Waals surface area contributed by atoms with Crippen LogP contribution in [-0.4, -0.2) is 11.5 Å². The Labute approximate surface area is 96.1 Å². The normalized spacial score (nSPS) is 18.0. The fourth-order valence-corrected chi connectivity index (χ4v) is 2.83. The number of nitrogens with one attached hydrogen (secondary N) is 1. The molecule has 2 rings (SSSR count). The summed E-state index contributed by atoms with van der Waals surface area (Å²) in [6.45, 7) is 5.47. The van der Waals surface area contributed by atoms with E-state index < -0.39 is 0 Å². The van der Waals surface area contributed by atoms with Gasteiger partial charge in [-0.2, -0.15) is 0 Å². The first-order chi connectivity index (χ1) is 7.31. The minimum absolute atomic E-state index is 0.560. The molecule has 1 heterocycles. The van der Waals surface area contributed by atoms with Gasteiger partial charge in [-0.3, -0.25) is 0 Å². The van der Waals surface area contributed by atoms with E-state index in [1.54, 1.807) is 11.3 Å². The first-order valence-corrected chi connectivity index (χ1v) is 6.82. The Morgan fingerprint density at radius 3 is 2.93 bits per heavy atom. The predicted octanol–water partition coefficient (Wildman–Crippen LogP) is 3.29. The summed E-state index contributed by atoms with van der Waals surface area (Å²) in [5.41, 5.74) is 3.19. The molecule has 0 saturated heterocycles.